The van der Waals surface area contributed by atoms with E-state index in [1.54, 1.807) is 26.0 Å². The number of hydrogen-bond donors (Lipinski definition) is 4. The van der Waals surface area contributed by atoms with Crippen molar-refractivity contribution in [3.63, 3.8) is 0 Å². The van der Waals surface area contributed by atoms with Gasteiger partial charge in [-0.05, 0) is 24.1 Å². The molecule has 1 atom stereocenters. The first kappa shape index (κ1) is 20.4. The largest absolute Gasteiger partial charge is 0.433 e. The third-order valence-corrected chi connectivity index (χ3v) is 3.72. The normalized spacial score (nSPS) is 12.7. The van der Waals surface area contributed by atoms with Gasteiger partial charge in [0, 0.05) is 17.3 Å². The van der Waals surface area contributed by atoms with Crippen LogP contribution in [0.5, 0.6) is 0 Å². The van der Waals surface area contributed by atoms with E-state index in [4.69, 9.17) is 5.73 Å². The van der Waals surface area contributed by atoms with Gasteiger partial charge in [-0.2, -0.15) is 18.2 Å². The minimum absolute atomic E-state index is 0.0847. The van der Waals surface area contributed by atoms with Crippen LogP contribution in [0.3, 0.4) is 0 Å². The molecule has 1 aromatic carbocycles. The number of nitrogens with two attached hydrogens (primary N) is 1. The summed E-state index contributed by atoms with van der Waals surface area (Å²) >= 11 is 0. The number of benzene rings is 1. The number of hydrogen-bond acceptors (Lipinski definition) is 6. The van der Waals surface area contributed by atoms with Crippen LogP contribution in [0.1, 0.15) is 29.9 Å². The van der Waals surface area contributed by atoms with E-state index in [0.717, 1.165) is 0 Å². The first-order chi connectivity index (χ1) is 12.6. The van der Waals surface area contributed by atoms with Crippen LogP contribution in [0.25, 0.3) is 0 Å². The number of anilines is 3. The molecule has 27 heavy (non-hydrogen) atoms. The Hall–Kier alpha value is -2.88. The van der Waals surface area contributed by atoms with Crippen molar-refractivity contribution >= 4 is 23.4 Å². The second kappa shape index (κ2) is 8.21. The van der Waals surface area contributed by atoms with E-state index in [0.29, 0.717) is 11.8 Å². The predicted molar refractivity (Wildman–Crippen MR) is 95.2 cm³/mol. The number of nitrogens with zero attached hydrogens (tertiary/aromatic N) is 2. The Bertz CT molecular complexity index is 811. The van der Waals surface area contributed by atoms with Crippen molar-refractivity contribution in [1.82, 2.24) is 9.97 Å². The number of amides is 1. The van der Waals surface area contributed by atoms with Crippen LogP contribution < -0.4 is 16.4 Å². The monoisotopic (exact) mass is 383 g/mol. The lowest BCUT2D eigenvalue weighted by Gasteiger charge is -2.21. The van der Waals surface area contributed by atoms with Crippen LogP contribution in [0.2, 0.25) is 0 Å². The second-order valence-electron chi connectivity index (χ2n) is 6.22. The number of carbonyl (C=O) groups excluding carboxylic acids is 1. The molecule has 146 valence electrons. The Morgan fingerprint density at radius 1 is 1.26 bits per heavy atom. The maximum absolute atomic E-state index is 13.1. The molecule has 2 rings (SSSR count). The van der Waals surface area contributed by atoms with Crippen molar-refractivity contribution in [2.24, 2.45) is 5.92 Å². The molecular formula is C17H20F3N5O2. The minimum atomic E-state index is -4.73. The highest BCUT2D eigenvalue weighted by atomic mass is 19.4. The molecule has 0 saturated carbocycles. The molecule has 0 aliphatic rings. The summed E-state index contributed by atoms with van der Waals surface area (Å²) in [5.41, 5.74) is 4.90. The van der Waals surface area contributed by atoms with Crippen LogP contribution >= 0.6 is 0 Å². The number of aliphatic hydroxyl groups is 1. The van der Waals surface area contributed by atoms with Gasteiger partial charge in [-0.15, -0.1) is 0 Å². The maximum Gasteiger partial charge on any atom is 0.433 e. The average Bonchev–Trinajstić information content (AvgIpc) is 2.58. The van der Waals surface area contributed by atoms with Crippen LogP contribution in [0, 0.1) is 5.92 Å². The fourth-order valence-corrected chi connectivity index (χ4v) is 2.18. The third-order valence-electron chi connectivity index (χ3n) is 3.72. The molecule has 0 spiro atoms. The molecule has 5 N–H and O–H groups in total. The highest BCUT2D eigenvalue weighted by Crippen LogP contribution is 2.30. The first-order valence-electron chi connectivity index (χ1n) is 8.10. The standard InChI is InChI=1S/C17H20F3N5O2/c1-9(2)12(8-26)22-16-23-13(17(18,19)20)7-14(25-16)24-15(27)10-4-3-5-11(21)6-10/h3-7,9,12,26H,8,21H2,1-2H3,(H2,22,23,24,25,27)/t12-/m0/s1. The van der Waals surface area contributed by atoms with Gasteiger partial charge < -0.3 is 21.5 Å². The molecule has 1 heterocycles. The van der Waals surface area contributed by atoms with Gasteiger partial charge in [0.25, 0.3) is 5.91 Å². The first-order valence-corrected chi connectivity index (χ1v) is 8.10. The molecule has 0 radical (unpaired) electrons. The van der Waals surface area contributed by atoms with E-state index in [-0.39, 0.29) is 29.9 Å². The van der Waals surface area contributed by atoms with Crippen LogP contribution in [-0.2, 0) is 6.18 Å². The lowest BCUT2D eigenvalue weighted by Crippen LogP contribution is -2.31. The molecule has 0 bridgehead atoms. The number of aromatic nitrogens is 2. The smallest absolute Gasteiger partial charge is 0.399 e. The zero-order valence-electron chi connectivity index (χ0n) is 14.7. The van der Waals surface area contributed by atoms with Gasteiger partial charge in [-0.25, -0.2) is 4.98 Å². The van der Waals surface area contributed by atoms with E-state index in [9.17, 15) is 23.1 Å². The Morgan fingerprint density at radius 2 is 1.96 bits per heavy atom. The quantitative estimate of drug-likeness (QED) is 0.571. The maximum atomic E-state index is 13.1. The average molecular weight is 383 g/mol. The number of halogens is 3. The molecule has 2 aromatic rings. The van der Waals surface area contributed by atoms with Crippen molar-refractivity contribution in [3.8, 4) is 0 Å². The Morgan fingerprint density at radius 3 is 2.52 bits per heavy atom. The third kappa shape index (κ3) is 5.55. The molecule has 0 aliphatic carbocycles. The van der Waals surface area contributed by atoms with Gasteiger partial charge in [0.2, 0.25) is 5.95 Å². The zero-order chi connectivity index (χ0) is 20.2. The Labute approximate surface area is 153 Å². The zero-order valence-corrected chi connectivity index (χ0v) is 14.7. The summed E-state index contributed by atoms with van der Waals surface area (Å²) in [5, 5.41) is 14.3. The Kier molecular flexibility index (Phi) is 6.21. The molecule has 10 heteroatoms. The molecule has 0 saturated heterocycles. The summed E-state index contributed by atoms with van der Waals surface area (Å²) in [5.74, 6) is -1.42. The number of aliphatic hydroxyl groups excluding tert-OH is 1. The summed E-state index contributed by atoms with van der Waals surface area (Å²) in [4.78, 5) is 19.6. The van der Waals surface area contributed by atoms with Crippen molar-refractivity contribution < 1.29 is 23.1 Å². The van der Waals surface area contributed by atoms with E-state index < -0.39 is 23.8 Å². The summed E-state index contributed by atoms with van der Waals surface area (Å²) in [6.07, 6.45) is -4.73. The van der Waals surface area contributed by atoms with E-state index >= 15 is 0 Å². The van der Waals surface area contributed by atoms with Crippen molar-refractivity contribution in [2.45, 2.75) is 26.1 Å². The number of nitrogen functional groups attached to an aromatic ring is 1. The van der Waals surface area contributed by atoms with Gasteiger partial charge in [-0.3, -0.25) is 4.79 Å². The molecular weight excluding hydrogens is 363 g/mol. The SMILES string of the molecule is CC(C)[C@H](CO)Nc1nc(NC(=O)c2cccc(N)c2)cc(C(F)(F)F)n1. The number of carbonyl (C=O) groups is 1. The lowest BCUT2D eigenvalue weighted by molar-refractivity contribution is -0.141. The van der Waals surface area contributed by atoms with Crippen molar-refractivity contribution in [3.05, 3.63) is 41.6 Å². The van der Waals surface area contributed by atoms with Gasteiger partial charge >= 0.3 is 6.18 Å². The molecule has 7 nitrogen and oxygen atoms in total. The molecule has 0 fully saturated rings. The fraction of sp³-hybridized carbons (Fsp3) is 0.353. The van der Waals surface area contributed by atoms with Crippen LogP contribution in [-0.4, -0.2) is 33.6 Å². The summed E-state index contributed by atoms with van der Waals surface area (Å²) < 4.78 is 39.4. The van der Waals surface area contributed by atoms with Gasteiger partial charge in [-0.1, -0.05) is 19.9 Å². The second-order valence-corrected chi connectivity index (χ2v) is 6.22. The van der Waals surface area contributed by atoms with Crippen LogP contribution in [0.4, 0.5) is 30.6 Å². The summed E-state index contributed by atoms with van der Waals surface area (Å²) in [6.45, 7) is 3.25. The molecule has 0 aliphatic heterocycles. The summed E-state index contributed by atoms with van der Waals surface area (Å²) in [7, 11) is 0. The fourth-order valence-electron chi connectivity index (χ4n) is 2.18. The van der Waals surface area contributed by atoms with Crippen molar-refractivity contribution in [2.75, 3.05) is 23.0 Å². The number of alkyl halides is 3. The topological polar surface area (TPSA) is 113 Å². The molecule has 1 amide bonds. The molecule has 0 unspecified atom stereocenters. The van der Waals surface area contributed by atoms with Crippen LogP contribution in [0.15, 0.2) is 30.3 Å². The number of rotatable bonds is 6. The lowest BCUT2D eigenvalue weighted by atomic mass is 10.1. The number of nitrogens with one attached hydrogen (secondary N) is 2. The van der Waals surface area contributed by atoms with E-state index in [1.807, 2.05) is 0 Å². The van der Waals surface area contributed by atoms with Gasteiger partial charge in [0.15, 0.2) is 5.69 Å². The highest BCUT2D eigenvalue weighted by Gasteiger charge is 2.34. The Balaban J connectivity index is 2.34. The van der Waals surface area contributed by atoms with E-state index in [2.05, 4.69) is 20.6 Å². The highest BCUT2D eigenvalue weighted by molar-refractivity contribution is 6.04. The van der Waals surface area contributed by atoms with Crippen molar-refractivity contribution in [1.29, 1.82) is 0 Å². The predicted octanol–water partition coefficient (Wildman–Crippen LogP) is 2.76. The summed E-state index contributed by atoms with van der Waals surface area (Å²) in [6, 6.07) is 6.07. The van der Waals surface area contributed by atoms with Gasteiger partial charge in [0.1, 0.15) is 5.82 Å². The van der Waals surface area contributed by atoms with E-state index in [1.165, 1.54) is 12.1 Å². The van der Waals surface area contributed by atoms with Gasteiger partial charge in [0.05, 0.1) is 12.6 Å². The molecule has 1 aromatic heterocycles. The minimum Gasteiger partial charge on any atom is -0.399 e.